The summed E-state index contributed by atoms with van der Waals surface area (Å²) in [5.41, 5.74) is 3.05. The highest BCUT2D eigenvalue weighted by molar-refractivity contribution is 6.00. The van der Waals surface area contributed by atoms with E-state index in [1.54, 1.807) is 18.2 Å². The average Bonchev–Trinajstić information content (AvgIpc) is 3.58. The first-order valence-corrected chi connectivity index (χ1v) is 14.5. The Balaban J connectivity index is 1.29. The Hall–Kier alpha value is -2.67. The largest absolute Gasteiger partial charge is 0.372 e. The average molecular weight is 523 g/mol. The van der Waals surface area contributed by atoms with Crippen LogP contribution < -0.4 is 15.5 Å². The van der Waals surface area contributed by atoms with Gasteiger partial charge in [-0.2, -0.15) is 0 Å². The molecule has 1 amide bonds. The van der Waals surface area contributed by atoms with Gasteiger partial charge in [0.15, 0.2) is 0 Å². The summed E-state index contributed by atoms with van der Waals surface area (Å²) < 4.78 is 30.3. The van der Waals surface area contributed by atoms with Gasteiger partial charge in [0.2, 0.25) is 5.91 Å². The highest BCUT2D eigenvalue weighted by Crippen LogP contribution is 2.51. The number of carbonyl (C=O) groups excluding carboxylic acids is 1. The molecule has 6 rings (SSSR count). The van der Waals surface area contributed by atoms with Crippen LogP contribution in [0.4, 0.5) is 25.8 Å². The standard InChI is InChI=1S/C31H40F2N4O/c1-20-9-10-25(33)27-28(20)35-29(31(27)12-7-5-3-4-6-8-13-31)30(38)34-23-15-22(32)16-24(17-23)37-18-21-11-14-36(2)26(21)19-37/h9-10,15-17,21,26,29,35H,3-8,11-14,18-19H2,1-2H3,(H,34,38)/t21-,26+,29?/m0/s1. The number of likely N-dealkylation sites (N-methyl/N-ethyl adjacent to an activating group) is 1. The molecule has 0 bridgehead atoms. The Kier molecular flexibility index (Phi) is 6.83. The summed E-state index contributed by atoms with van der Waals surface area (Å²) in [7, 11) is 2.16. The monoisotopic (exact) mass is 522 g/mol. The maximum absolute atomic E-state index is 15.5. The minimum Gasteiger partial charge on any atom is -0.372 e. The normalized spacial score (nSPS) is 26.8. The Labute approximate surface area is 225 Å². The lowest BCUT2D eigenvalue weighted by Gasteiger charge is -2.35. The lowest BCUT2D eigenvalue weighted by Crippen LogP contribution is -2.47. The number of fused-ring (bicyclic) bond motifs is 3. The lowest BCUT2D eigenvalue weighted by atomic mass is 9.69. The Morgan fingerprint density at radius 3 is 2.50 bits per heavy atom. The van der Waals surface area contributed by atoms with Gasteiger partial charge in [-0.1, -0.05) is 44.6 Å². The van der Waals surface area contributed by atoms with Crippen molar-refractivity contribution in [1.29, 1.82) is 0 Å². The molecule has 7 heteroatoms. The van der Waals surface area contributed by atoms with Crippen LogP contribution in [0.3, 0.4) is 0 Å². The van der Waals surface area contributed by atoms with Crippen LogP contribution in [0.2, 0.25) is 0 Å². The van der Waals surface area contributed by atoms with Gasteiger partial charge < -0.3 is 20.4 Å². The van der Waals surface area contributed by atoms with E-state index in [9.17, 15) is 9.18 Å². The zero-order valence-corrected chi connectivity index (χ0v) is 22.7. The number of hydrogen-bond acceptors (Lipinski definition) is 4. The minimum atomic E-state index is -0.604. The number of benzene rings is 2. The lowest BCUT2D eigenvalue weighted by molar-refractivity contribution is -0.118. The topological polar surface area (TPSA) is 47.6 Å². The van der Waals surface area contributed by atoms with Gasteiger partial charge in [-0.3, -0.25) is 4.79 Å². The Morgan fingerprint density at radius 1 is 1.03 bits per heavy atom. The maximum Gasteiger partial charge on any atom is 0.247 e. The van der Waals surface area contributed by atoms with Gasteiger partial charge in [0.05, 0.1) is 0 Å². The van der Waals surface area contributed by atoms with E-state index < -0.39 is 11.5 Å². The van der Waals surface area contributed by atoms with Crippen LogP contribution in [0.15, 0.2) is 30.3 Å². The van der Waals surface area contributed by atoms with Crippen molar-refractivity contribution in [2.75, 3.05) is 42.2 Å². The third kappa shape index (κ3) is 4.47. The molecule has 38 heavy (non-hydrogen) atoms. The van der Waals surface area contributed by atoms with Crippen LogP contribution >= 0.6 is 0 Å². The molecule has 3 atom stereocenters. The maximum atomic E-state index is 15.5. The highest BCUT2D eigenvalue weighted by Gasteiger charge is 2.51. The van der Waals surface area contributed by atoms with Gasteiger partial charge in [0.1, 0.15) is 17.7 Å². The molecule has 204 valence electrons. The van der Waals surface area contributed by atoms with Crippen molar-refractivity contribution in [3.63, 3.8) is 0 Å². The molecule has 2 N–H and O–H groups in total. The SMILES string of the molecule is Cc1ccc(F)c2c1NC(C(=O)Nc1cc(F)cc(N3C[C@@H]4CCN(C)[C@@H]4C3)c1)C21CCCCCCCC1. The second-order valence-electron chi connectivity index (χ2n) is 12.2. The molecule has 2 aromatic rings. The molecule has 5 nitrogen and oxygen atoms in total. The molecule has 0 radical (unpaired) electrons. The fourth-order valence-electron chi connectivity index (χ4n) is 7.78. The first-order valence-electron chi connectivity index (χ1n) is 14.5. The van der Waals surface area contributed by atoms with Gasteiger partial charge in [0, 0.05) is 47.2 Å². The van der Waals surface area contributed by atoms with E-state index in [1.807, 2.05) is 13.0 Å². The zero-order chi connectivity index (χ0) is 26.4. The van der Waals surface area contributed by atoms with Crippen LogP contribution in [0.1, 0.15) is 68.9 Å². The molecule has 2 saturated heterocycles. The molecule has 0 aromatic heterocycles. The Bertz CT molecular complexity index is 1210. The van der Waals surface area contributed by atoms with E-state index in [0.29, 0.717) is 23.2 Å². The third-order valence-electron chi connectivity index (χ3n) is 9.80. The number of anilines is 3. The molecular weight excluding hydrogens is 482 g/mol. The predicted octanol–water partition coefficient (Wildman–Crippen LogP) is 6.22. The van der Waals surface area contributed by atoms with Gasteiger partial charge >= 0.3 is 0 Å². The van der Waals surface area contributed by atoms with Crippen molar-refractivity contribution in [3.05, 3.63) is 53.1 Å². The first-order chi connectivity index (χ1) is 18.4. The summed E-state index contributed by atoms with van der Waals surface area (Å²) >= 11 is 0. The van der Waals surface area contributed by atoms with E-state index in [4.69, 9.17) is 0 Å². The molecule has 3 heterocycles. The molecule has 1 aliphatic carbocycles. The molecule has 1 unspecified atom stereocenters. The number of hydrogen-bond donors (Lipinski definition) is 2. The second kappa shape index (κ2) is 10.1. The number of nitrogens with one attached hydrogen (secondary N) is 2. The molecule has 1 saturated carbocycles. The van der Waals surface area contributed by atoms with E-state index >= 15 is 4.39 Å². The fourth-order valence-corrected chi connectivity index (χ4v) is 7.78. The quantitative estimate of drug-likeness (QED) is 0.503. The van der Waals surface area contributed by atoms with Gasteiger partial charge in [-0.15, -0.1) is 0 Å². The first kappa shape index (κ1) is 25.6. The molecule has 3 fully saturated rings. The summed E-state index contributed by atoms with van der Waals surface area (Å²) in [5, 5.41) is 6.49. The smallest absolute Gasteiger partial charge is 0.247 e. The summed E-state index contributed by atoms with van der Waals surface area (Å²) in [6, 6.07) is 8.09. The van der Waals surface area contributed by atoms with Crippen LogP contribution in [-0.4, -0.2) is 49.6 Å². The summed E-state index contributed by atoms with van der Waals surface area (Å²) in [6.07, 6.45) is 9.20. The third-order valence-corrected chi connectivity index (χ3v) is 9.80. The summed E-state index contributed by atoms with van der Waals surface area (Å²) in [5.74, 6) is -0.201. The predicted molar refractivity (Wildman–Crippen MR) is 149 cm³/mol. The molecule has 4 aliphatic rings. The molecule has 3 aliphatic heterocycles. The fraction of sp³-hybridized carbons (Fsp3) is 0.581. The van der Waals surface area contributed by atoms with Gasteiger partial charge in [-0.25, -0.2) is 8.78 Å². The zero-order valence-electron chi connectivity index (χ0n) is 22.7. The number of halogens is 2. The van der Waals surface area contributed by atoms with Crippen molar-refractivity contribution < 1.29 is 13.6 Å². The Morgan fingerprint density at radius 2 is 1.76 bits per heavy atom. The van der Waals surface area contributed by atoms with Crippen molar-refractivity contribution in [2.45, 2.75) is 82.2 Å². The van der Waals surface area contributed by atoms with Gasteiger partial charge in [-0.05, 0) is 75.5 Å². The molecule has 1 spiro atoms. The number of rotatable bonds is 3. The second-order valence-corrected chi connectivity index (χ2v) is 12.2. The van der Waals surface area contributed by atoms with E-state index in [2.05, 4.69) is 27.5 Å². The van der Waals surface area contributed by atoms with Crippen molar-refractivity contribution in [2.24, 2.45) is 5.92 Å². The summed E-state index contributed by atoms with van der Waals surface area (Å²) in [6.45, 7) is 4.87. The highest BCUT2D eigenvalue weighted by atomic mass is 19.1. The number of aryl methyl sites for hydroxylation is 1. The number of nitrogens with zero attached hydrogens (tertiary/aromatic N) is 2. The molecule has 2 aromatic carbocycles. The van der Waals surface area contributed by atoms with Crippen molar-refractivity contribution in [3.8, 4) is 0 Å². The van der Waals surface area contributed by atoms with Crippen molar-refractivity contribution >= 4 is 23.0 Å². The molecular formula is C31H40F2N4O. The van der Waals surface area contributed by atoms with E-state index in [1.165, 1.54) is 25.3 Å². The number of likely N-dealkylation sites (tertiary alicyclic amines) is 1. The van der Waals surface area contributed by atoms with E-state index in [0.717, 1.165) is 75.1 Å². The summed E-state index contributed by atoms with van der Waals surface area (Å²) in [4.78, 5) is 18.6. The van der Waals surface area contributed by atoms with E-state index in [-0.39, 0.29) is 17.5 Å². The van der Waals surface area contributed by atoms with Crippen LogP contribution in [-0.2, 0) is 10.2 Å². The van der Waals surface area contributed by atoms with Crippen LogP contribution in [0, 0.1) is 24.5 Å². The number of amides is 1. The van der Waals surface area contributed by atoms with Crippen LogP contribution in [0.25, 0.3) is 0 Å². The van der Waals surface area contributed by atoms with Crippen molar-refractivity contribution in [1.82, 2.24) is 4.90 Å². The number of carbonyl (C=O) groups is 1. The minimum absolute atomic E-state index is 0.214. The van der Waals surface area contributed by atoms with Gasteiger partial charge in [0.25, 0.3) is 0 Å². The van der Waals surface area contributed by atoms with Crippen LogP contribution in [0.5, 0.6) is 0 Å².